The molecule has 0 heterocycles. The summed E-state index contributed by atoms with van der Waals surface area (Å²) in [6.07, 6.45) is -13.3. The summed E-state index contributed by atoms with van der Waals surface area (Å²) in [6.45, 7) is 0. The first-order chi connectivity index (χ1) is 15.0. The number of Topliss-reactive ketones (excluding diaryl/α,β-unsaturated/α-hetero) is 1. The Morgan fingerprint density at radius 2 is 1.19 bits per heavy atom. The molecule has 8 heteroatoms. The normalized spacial score (nSPS) is 13.5. The number of rotatable bonds is 3. The Hall–Kier alpha value is -3.39. The number of halogens is 6. The van der Waals surface area contributed by atoms with Gasteiger partial charge in [-0.2, -0.15) is 26.3 Å². The standard InChI is InChI=1S/C24H14F6O2/c25-23(26,27)21(31)17-11-9-13-5-1-3-7-15(13)19(17)20-16-8-4-2-6-14(16)10-12-18(20)22(32)24(28,29)30/h1-12,21,31H/t21-/m0/s1. The number of ketones is 1. The van der Waals surface area contributed by atoms with Crippen LogP contribution in [0.25, 0.3) is 32.7 Å². The monoisotopic (exact) mass is 448 g/mol. The number of hydrogen-bond acceptors (Lipinski definition) is 2. The van der Waals surface area contributed by atoms with Gasteiger partial charge >= 0.3 is 12.4 Å². The van der Waals surface area contributed by atoms with Crippen molar-refractivity contribution in [2.75, 3.05) is 0 Å². The lowest BCUT2D eigenvalue weighted by Gasteiger charge is -2.23. The van der Waals surface area contributed by atoms with Crippen LogP contribution in [0.3, 0.4) is 0 Å². The zero-order valence-corrected chi connectivity index (χ0v) is 16.1. The van der Waals surface area contributed by atoms with Gasteiger partial charge in [0.15, 0.2) is 6.10 Å². The third kappa shape index (κ3) is 3.71. The van der Waals surface area contributed by atoms with Crippen molar-refractivity contribution in [3.63, 3.8) is 0 Å². The van der Waals surface area contributed by atoms with Crippen LogP contribution in [0.15, 0.2) is 72.8 Å². The van der Waals surface area contributed by atoms with Crippen LogP contribution in [0, 0.1) is 0 Å². The maximum absolute atomic E-state index is 13.5. The van der Waals surface area contributed by atoms with Crippen LogP contribution in [0.5, 0.6) is 0 Å². The molecule has 0 aliphatic rings. The minimum atomic E-state index is -5.25. The lowest BCUT2D eigenvalue weighted by molar-refractivity contribution is -0.206. The largest absolute Gasteiger partial charge is 0.454 e. The zero-order chi connectivity index (χ0) is 23.3. The lowest BCUT2D eigenvalue weighted by atomic mass is 9.84. The predicted molar refractivity (Wildman–Crippen MR) is 108 cm³/mol. The molecule has 0 fully saturated rings. The molecular formula is C24H14F6O2. The van der Waals surface area contributed by atoms with E-state index in [1.54, 1.807) is 24.3 Å². The Morgan fingerprint density at radius 3 is 1.72 bits per heavy atom. The summed E-state index contributed by atoms with van der Waals surface area (Å²) in [4.78, 5) is 12.3. The van der Waals surface area contributed by atoms with E-state index in [2.05, 4.69) is 0 Å². The smallest absolute Gasteiger partial charge is 0.379 e. The number of alkyl halides is 6. The number of aliphatic hydroxyl groups excluding tert-OH is 1. The molecule has 0 bridgehead atoms. The third-order valence-corrected chi connectivity index (χ3v) is 5.25. The van der Waals surface area contributed by atoms with E-state index in [-0.39, 0.29) is 21.9 Å². The number of hydrogen-bond donors (Lipinski definition) is 1. The average Bonchev–Trinajstić information content (AvgIpc) is 2.75. The number of carbonyl (C=O) groups excluding carboxylic acids is 1. The van der Waals surface area contributed by atoms with Crippen molar-refractivity contribution >= 4 is 27.3 Å². The second-order valence-electron chi connectivity index (χ2n) is 7.23. The maximum Gasteiger partial charge on any atom is 0.454 e. The van der Waals surface area contributed by atoms with Gasteiger partial charge in [-0.3, -0.25) is 4.79 Å². The summed E-state index contributed by atoms with van der Waals surface area (Å²) in [5.41, 5.74) is -2.00. The molecule has 4 rings (SSSR count). The van der Waals surface area contributed by atoms with Gasteiger partial charge in [0.25, 0.3) is 5.78 Å². The van der Waals surface area contributed by atoms with Crippen LogP contribution in [-0.2, 0) is 0 Å². The molecule has 2 nitrogen and oxygen atoms in total. The van der Waals surface area contributed by atoms with Gasteiger partial charge in [-0.15, -0.1) is 0 Å². The topological polar surface area (TPSA) is 37.3 Å². The first kappa shape index (κ1) is 21.8. The van der Waals surface area contributed by atoms with E-state index in [0.717, 1.165) is 12.1 Å². The summed E-state index contributed by atoms with van der Waals surface area (Å²) in [6, 6.07) is 16.9. The van der Waals surface area contributed by atoms with E-state index in [4.69, 9.17) is 0 Å². The molecule has 0 radical (unpaired) electrons. The molecule has 1 N–H and O–H groups in total. The molecule has 0 saturated carbocycles. The predicted octanol–water partition coefficient (Wildman–Crippen LogP) is 7.00. The molecule has 0 aromatic heterocycles. The van der Waals surface area contributed by atoms with Gasteiger partial charge in [-0.1, -0.05) is 66.7 Å². The second kappa shape index (κ2) is 7.63. The first-order valence-corrected chi connectivity index (χ1v) is 9.40. The summed E-state index contributed by atoms with van der Waals surface area (Å²) < 4.78 is 80.7. The first-order valence-electron chi connectivity index (χ1n) is 9.40. The Kier molecular flexibility index (Phi) is 5.21. The lowest BCUT2D eigenvalue weighted by Crippen LogP contribution is -2.24. The van der Waals surface area contributed by atoms with Gasteiger partial charge in [0.05, 0.1) is 0 Å². The van der Waals surface area contributed by atoms with E-state index in [0.29, 0.717) is 10.8 Å². The van der Waals surface area contributed by atoms with Crippen LogP contribution in [-0.4, -0.2) is 23.2 Å². The Labute approximate surface area is 177 Å². The van der Waals surface area contributed by atoms with Crippen LogP contribution in [0.1, 0.15) is 22.0 Å². The van der Waals surface area contributed by atoms with Crippen LogP contribution >= 0.6 is 0 Å². The van der Waals surface area contributed by atoms with Crippen LogP contribution in [0.2, 0.25) is 0 Å². The SMILES string of the molecule is O=C(c1ccc2ccccc2c1-c1c([C@H](O)C(F)(F)F)ccc2ccccc12)C(F)(F)F. The van der Waals surface area contributed by atoms with Gasteiger partial charge in [0.2, 0.25) is 0 Å². The van der Waals surface area contributed by atoms with Gasteiger partial charge in [-0.25, -0.2) is 0 Å². The summed E-state index contributed by atoms with van der Waals surface area (Å²) in [7, 11) is 0. The van der Waals surface area contributed by atoms with Crippen LogP contribution in [0.4, 0.5) is 26.3 Å². The number of carbonyl (C=O) groups is 1. The Morgan fingerprint density at radius 1 is 0.688 bits per heavy atom. The molecule has 4 aromatic carbocycles. The highest BCUT2D eigenvalue weighted by Crippen LogP contribution is 2.45. The quantitative estimate of drug-likeness (QED) is 0.271. The van der Waals surface area contributed by atoms with Crippen molar-refractivity contribution in [1.29, 1.82) is 0 Å². The van der Waals surface area contributed by atoms with E-state index >= 15 is 0 Å². The van der Waals surface area contributed by atoms with Gasteiger partial charge < -0.3 is 5.11 Å². The maximum atomic E-state index is 13.5. The highest BCUT2D eigenvalue weighted by molar-refractivity contribution is 6.16. The van der Waals surface area contributed by atoms with Crippen molar-refractivity contribution in [2.45, 2.75) is 18.5 Å². The van der Waals surface area contributed by atoms with Crippen molar-refractivity contribution in [3.05, 3.63) is 83.9 Å². The second-order valence-corrected chi connectivity index (χ2v) is 7.23. The van der Waals surface area contributed by atoms with Gasteiger partial charge in [0, 0.05) is 11.1 Å². The molecule has 0 aliphatic carbocycles. The fourth-order valence-corrected chi connectivity index (χ4v) is 3.85. The molecule has 0 saturated heterocycles. The minimum absolute atomic E-state index is 0.162. The van der Waals surface area contributed by atoms with E-state index in [9.17, 15) is 36.2 Å². The molecule has 0 spiro atoms. The molecule has 1 atom stereocenters. The number of fused-ring (bicyclic) bond motifs is 2. The fourth-order valence-electron chi connectivity index (χ4n) is 3.85. The Bertz CT molecular complexity index is 1340. The third-order valence-electron chi connectivity index (χ3n) is 5.25. The fraction of sp³-hybridized carbons (Fsp3) is 0.125. The van der Waals surface area contributed by atoms with Crippen molar-refractivity contribution in [3.8, 4) is 11.1 Å². The number of aliphatic hydroxyl groups is 1. The molecule has 164 valence electrons. The highest BCUT2D eigenvalue weighted by Gasteiger charge is 2.43. The molecule has 0 aliphatic heterocycles. The molecule has 0 amide bonds. The molecule has 32 heavy (non-hydrogen) atoms. The van der Waals surface area contributed by atoms with E-state index in [1.165, 1.54) is 36.4 Å². The number of benzene rings is 4. The van der Waals surface area contributed by atoms with Crippen molar-refractivity contribution < 1.29 is 36.2 Å². The zero-order valence-electron chi connectivity index (χ0n) is 16.1. The van der Waals surface area contributed by atoms with Gasteiger partial charge in [-0.05, 0) is 38.7 Å². The van der Waals surface area contributed by atoms with E-state index < -0.39 is 35.4 Å². The van der Waals surface area contributed by atoms with Crippen molar-refractivity contribution in [2.24, 2.45) is 0 Å². The van der Waals surface area contributed by atoms with Crippen molar-refractivity contribution in [1.82, 2.24) is 0 Å². The minimum Gasteiger partial charge on any atom is -0.379 e. The average molecular weight is 448 g/mol. The van der Waals surface area contributed by atoms with E-state index in [1.807, 2.05) is 0 Å². The van der Waals surface area contributed by atoms with Crippen LogP contribution < -0.4 is 0 Å². The molecular weight excluding hydrogens is 434 g/mol. The Balaban J connectivity index is 2.22. The van der Waals surface area contributed by atoms with Gasteiger partial charge in [0.1, 0.15) is 0 Å². The summed E-state index contributed by atoms with van der Waals surface area (Å²) in [5.74, 6) is -2.18. The summed E-state index contributed by atoms with van der Waals surface area (Å²) >= 11 is 0. The molecule has 0 unspecified atom stereocenters. The molecule has 4 aromatic rings. The highest BCUT2D eigenvalue weighted by atomic mass is 19.4. The summed E-state index contributed by atoms with van der Waals surface area (Å²) in [5, 5.41) is 11.3.